The molecule has 0 aliphatic heterocycles. The van der Waals surface area contributed by atoms with Crippen LogP contribution in [-0.2, 0) is 6.54 Å². The van der Waals surface area contributed by atoms with E-state index in [2.05, 4.69) is 57.1 Å². The smallest absolute Gasteiger partial charge is 0.0453 e. The van der Waals surface area contributed by atoms with Gasteiger partial charge < -0.3 is 10.2 Å². The van der Waals surface area contributed by atoms with Crippen molar-refractivity contribution in [1.82, 2.24) is 10.2 Å². The minimum Gasteiger partial charge on any atom is -0.311 e. The fraction of sp³-hybridized carbons (Fsp3) is 0.600. The van der Waals surface area contributed by atoms with Crippen molar-refractivity contribution in [3.63, 3.8) is 0 Å². The van der Waals surface area contributed by atoms with Gasteiger partial charge in [0.1, 0.15) is 0 Å². The molecule has 0 aliphatic carbocycles. The molecule has 0 fully saturated rings. The highest BCUT2D eigenvalue weighted by molar-refractivity contribution is 6.31. The van der Waals surface area contributed by atoms with Crippen molar-refractivity contribution < 1.29 is 0 Å². The van der Waals surface area contributed by atoms with E-state index in [0.29, 0.717) is 0 Å². The van der Waals surface area contributed by atoms with Gasteiger partial charge in [0.25, 0.3) is 0 Å². The normalized spacial score (nSPS) is 12.2. The Morgan fingerprint density at radius 3 is 2.50 bits per heavy atom. The van der Waals surface area contributed by atoms with Crippen molar-refractivity contribution >= 4 is 11.6 Å². The second-order valence-corrected chi connectivity index (χ2v) is 6.42. The summed E-state index contributed by atoms with van der Waals surface area (Å²) in [7, 11) is 2.13. The largest absolute Gasteiger partial charge is 0.311 e. The molecular weight excluding hydrogens is 244 g/mol. The minimum atomic E-state index is 0.183. The summed E-state index contributed by atoms with van der Waals surface area (Å²) in [5.74, 6) is 0. The third kappa shape index (κ3) is 5.85. The first kappa shape index (κ1) is 15.5. The van der Waals surface area contributed by atoms with Gasteiger partial charge in [-0.1, -0.05) is 23.7 Å². The van der Waals surface area contributed by atoms with E-state index in [1.165, 1.54) is 11.1 Å². The number of rotatable bonds is 5. The summed E-state index contributed by atoms with van der Waals surface area (Å²) >= 11 is 6.24. The van der Waals surface area contributed by atoms with E-state index >= 15 is 0 Å². The van der Waals surface area contributed by atoms with Crippen molar-refractivity contribution in [2.45, 2.75) is 39.8 Å². The summed E-state index contributed by atoms with van der Waals surface area (Å²) in [6.07, 6.45) is 0. The van der Waals surface area contributed by atoms with Crippen molar-refractivity contribution in [2.24, 2.45) is 0 Å². The average Bonchev–Trinajstić information content (AvgIpc) is 2.20. The Bertz CT molecular complexity index is 383. The highest BCUT2D eigenvalue weighted by Gasteiger charge is 2.09. The third-order valence-corrected chi connectivity index (χ3v) is 3.15. The maximum absolute atomic E-state index is 6.24. The van der Waals surface area contributed by atoms with Gasteiger partial charge in [0, 0.05) is 30.2 Å². The second-order valence-electron chi connectivity index (χ2n) is 6.01. The van der Waals surface area contributed by atoms with Crippen LogP contribution in [-0.4, -0.2) is 30.6 Å². The first-order valence-corrected chi connectivity index (χ1v) is 6.84. The lowest BCUT2D eigenvalue weighted by molar-refractivity contribution is 0.303. The van der Waals surface area contributed by atoms with E-state index in [1.54, 1.807) is 0 Å². The van der Waals surface area contributed by atoms with Crippen LogP contribution in [0.25, 0.3) is 0 Å². The van der Waals surface area contributed by atoms with Gasteiger partial charge in [0.05, 0.1) is 0 Å². The van der Waals surface area contributed by atoms with E-state index < -0.39 is 0 Å². The second kappa shape index (κ2) is 6.55. The van der Waals surface area contributed by atoms with Gasteiger partial charge in [0.2, 0.25) is 0 Å². The first-order valence-electron chi connectivity index (χ1n) is 6.46. The summed E-state index contributed by atoms with van der Waals surface area (Å²) in [5, 5.41) is 4.35. The highest BCUT2D eigenvalue weighted by atomic mass is 35.5. The van der Waals surface area contributed by atoms with Crippen LogP contribution >= 0.6 is 11.6 Å². The van der Waals surface area contributed by atoms with E-state index in [9.17, 15) is 0 Å². The molecule has 0 unspecified atom stereocenters. The topological polar surface area (TPSA) is 15.3 Å². The maximum Gasteiger partial charge on any atom is 0.0453 e. The van der Waals surface area contributed by atoms with Gasteiger partial charge in [-0.05, 0) is 51.9 Å². The van der Waals surface area contributed by atoms with Crippen LogP contribution in [0.4, 0.5) is 0 Å². The number of hydrogen-bond donors (Lipinski definition) is 1. The van der Waals surface area contributed by atoms with Crippen molar-refractivity contribution in [3.05, 3.63) is 34.3 Å². The quantitative estimate of drug-likeness (QED) is 0.880. The third-order valence-electron chi connectivity index (χ3n) is 2.80. The Labute approximate surface area is 116 Å². The molecule has 1 aromatic carbocycles. The Kier molecular flexibility index (Phi) is 5.64. The minimum absolute atomic E-state index is 0.183. The molecule has 102 valence electrons. The zero-order valence-electron chi connectivity index (χ0n) is 12.2. The fourth-order valence-electron chi connectivity index (χ4n) is 1.77. The standard InChI is InChI=1S/C15H25ClN2/c1-12-6-7-13(14(16)10-12)11-18(5)9-8-17-15(2,3)4/h6-7,10,17H,8-9,11H2,1-5H3. The van der Waals surface area contributed by atoms with Crippen LogP contribution in [0.1, 0.15) is 31.9 Å². The maximum atomic E-state index is 6.24. The van der Waals surface area contributed by atoms with Crippen molar-refractivity contribution in [1.29, 1.82) is 0 Å². The molecule has 18 heavy (non-hydrogen) atoms. The Morgan fingerprint density at radius 1 is 1.28 bits per heavy atom. The van der Waals surface area contributed by atoms with Gasteiger partial charge in [-0.2, -0.15) is 0 Å². The Balaban J connectivity index is 2.42. The van der Waals surface area contributed by atoms with Gasteiger partial charge in [0.15, 0.2) is 0 Å². The summed E-state index contributed by atoms with van der Waals surface area (Å²) < 4.78 is 0. The molecule has 0 heterocycles. The number of benzene rings is 1. The predicted octanol–water partition coefficient (Wildman–Crippen LogP) is 3.47. The molecule has 1 rings (SSSR count). The molecule has 0 bridgehead atoms. The molecule has 0 amide bonds. The zero-order valence-corrected chi connectivity index (χ0v) is 12.9. The zero-order chi connectivity index (χ0) is 13.8. The van der Waals surface area contributed by atoms with Gasteiger partial charge in [-0.3, -0.25) is 0 Å². The van der Waals surface area contributed by atoms with E-state index in [4.69, 9.17) is 11.6 Å². The number of likely N-dealkylation sites (N-methyl/N-ethyl adjacent to an activating group) is 1. The van der Waals surface area contributed by atoms with Crippen LogP contribution in [0.5, 0.6) is 0 Å². The molecule has 0 saturated heterocycles. The molecule has 0 aromatic heterocycles. The fourth-order valence-corrected chi connectivity index (χ4v) is 2.07. The van der Waals surface area contributed by atoms with Crippen molar-refractivity contribution in [2.75, 3.05) is 20.1 Å². The number of nitrogens with one attached hydrogen (secondary N) is 1. The van der Waals surface area contributed by atoms with E-state index in [0.717, 1.165) is 24.7 Å². The van der Waals surface area contributed by atoms with Crippen LogP contribution < -0.4 is 5.32 Å². The summed E-state index contributed by atoms with van der Waals surface area (Å²) in [4.78, 5) is 2.29. The molecule has 0 radical (unpaired) electrons. The number of aryl methyl sites for hydroxylation is 1. The SMILES string of the molecule is Cc1ccc(CN(C)CCNC(C)(C)C)c(Cl)c1. The number of hydrogen-bond acceptors (Lipinski definition) is 2. The lowest BCUT2D eigenvalue weighted by Crippen LogP contribution is -2.40. The van der Waals surface area contributed by atoms with Crippen LogP contribution in [0.15, 0.2) is 18.2 Å². The molecule has 2 nitrogen and oxygen atoms in total. The van der Waals surface area contributed by atoms with Crippen LogP contribution in [0, 0.1) is 6.92 Å². The van der Waals surface area contributed by atoms with Crippen molar-refractivity contribution in [3.8, 4) is 0 Å². The van der Waals surface area contributed by atoms with E-state index in [-0.39, 0.29) is 5.54 Å². The van der Waals surface area contributed by atoms with E-state index in [1.807, 2.05) is 6.07 Å². The lowest BCUT2D eigenvalue weighted by Gasteiger charge is -2.23. The summed E-state index contributed by atoms with van der Waals surface area (Å²) in [5.41, 5.74) is 2.59. The number of nitrogens with zero attached hydrogens (tertiary/aromatic N) is 1. The Morgan fingerprint density at radius 2 is 1.94 bits per heavy atom. The molecule has 1 aromatic rings. The molecule has 0 spiro atoms. The highest BCUT2D eigenvalue weighted by Crippen LogP contribution is 2.18. The van der Waals surface area contributed by atoms with Gasteiger partial charge in [-0.25, -0.2) is 0 Å². The summed E-state index contributed by atoms with van der Waals surface area (Å²) in [6.45, 7) is 11.5. The lowest BCUT2D eigenvalue weighted by atomic mass is 10.1. The first-order chi connectivity index (χ1) is 8.28. The van der Waals surface area contributed by atoms with Crippen LogP contribution in [0.2, 0.25) is 5.02 Å². The molecule has 3 heteroatoms. The van der Waals surface area contributed by atoms with Crippen LogP contribution in [0.3, 0.4) is 0 Å². The Hall–Kier alpha value is -0.570. The number of halogens is 1. The molecule has 0 aliphatic rings. The monoisotopic (exact) mass is 268 g/mol. The molecule has 0 saturated carbocycles. The molecule has 0 atom stereocenters. The summed E-state index contributed by atoms with van der Waals surface area (Å²) in [6, 6.07) is 6.26. The van der Waals surface area contributed by atoms with Gasteiger partial charge >= 0.3 is 0 Å². The average molecular weight is 269 g/mol. The predicted molar refractivity (Wildman–Crippen MR) is 80.3 cm³/mol. The van der Waals surface area contributed by atoms with Gasteiger partial charge in [-0.15, -0.1) is 0 Å². The molecule has 1 N–H and O–H groups in total. The molecular formula is C15H25ClN2.